The molecule has 4 aliphatic carbocycles. The summed E-state index contributed by atoms with van der Waals surface area (Å²) in [7, 11) is -3.56. The van der Waals surface area contributed by atoms with Crippen molar-refractivity contribution < 1.29 is 32.4 Å². The van der Waals surface area contributed by atoms with Crippen LogP contribution in [0.2, 0.25) is 0 Å². The second-order valence-electron chi connectivity index (χ2n) is 18.3. The lowest BCUT2D eigenvalue weighted by atomic mass is 9.70. The van der Waals surface area contributed by atoms with Crippen molar-refractivity contribution in [3.8, 4) is 0 Å². The van der Waals surface area contributed by atoms with E-state index in [1.165, 1.54) is 0 Å². The molecule has 1 saturated heterocycles. The van der Waals surface area contributed by atoms with Crippen LogP contribution in [0.3, 0.4) is 0 Å². The number of carbonyl (C=O) groups is 5. The highest BCUT2D eigenvalue weighted by Gasteiger charge is 2.70. The van der Waals surface area contributed by atoms with Crippen LogP contribution in [0.25, 0.3) is 0 Å². The number of nitrogens with zero attached hydrogens (tertiary/aromatic N) is 1. The lowest BCUT2D eigenvalue weighted by Gasteiger charge is -2.44. The number of urea groups is 1. The predicted molar refractivity (Wildman–Crippen MR) is 195 cm³/mol. The number of carbonyl (C=O) groups excluding carboxylic acids is 5. The highest BCUT2D eigenvalue weighted by atomic mass is 32.2. The van der Waals surface area contributed by atoms with Crippen molar-refractivity contribution in [2.45, 2.75) is 173 Å². The fourth-order valence-corrected chi connectivity index (χ4v) is 10.7. The van der Waals surface area contributed by atoms with Crippen LogP contribution in [0.15, 0.2) is 0 Å². The van der Waals surface area contributed by atoms with Gasteiger partial charge in [0.2, 0.25) is 17.6 Å². The minimum Gasteiger partial charge on any atom is -0.347 e. The summed E-state index contributed by atoms with van der Waals surface area (Å²) in [6, 6.07) is -3.34. The van der Waals surface area contributed by atoms with Crippen molar-refractivity contribution in [3.63, 3.8) is 0 Å². The van der Waals surface area contributed by atoms with Gasteiger partial charge in [-0.15, -0.1) is 0 Å². The Bertz CT molecular complexity index is 1470. The van der Waals surface area contributed by atoms with Crippen LogP contribution < -0.4 is 21.3 Å². The van der Waals surface area contributed by atoms with Crippen molar-refractivity contribution >= 4 is 39.4 Å². The Hall–Kier alpha value is -2.70. The van der Waals surface area contributed by atoms with Gasteiger partial charge in [-0.1, -0.05) is 72.6 Å². The molecule has 4 N–H and O–H groups in total. The quantitative estimate of drug-likeness (QED) is 0.206. The molecule has 0 unspecified atom stereocenters. The van der Waals surface area contributed by atoms with E-state index < -0.39 is 67.3 Å². The summed E-state index contributed by atoms with van der Waals surface area (Å²) in [5.41, 5.74) is -1.70. The van der Waals surface area contributed by atoms with Crippen molar-refractivity contribution in [1.29, 1.82) is 0 Å². The van der Waals surface area contributed by atoms with Gasteiger partial charge in [0.1, 0.15) is 12.1 Å². The molecule has 51 heavy (non-hydrogen) atoms. The van der Waals surface area contributed by atoms with E-state index in [1.807, 2.05) is 13.8 Å². The van der Waals surface area contributed by atoms with E-state index in [-0.39, 0.29) is 35.0 Å². The molecule has 12 nitrogen and oxygen atoms in total. The summed E-state index contributed by atoms with van der Waals surface area (Å²) >= 11 is 0. The summed E-state index contributed by atoms with van der Waals surface area (Å²) in [5, 5.41) is 11.7. The molecule has 0 bridgehead atoms. The maximum absolute atomic E-state index is 14.9. The Morgan fingerprint density at radius 2 is 1.45 bits per heavy atom. The minimum absolute atomic E-state index is 0.00839. The fraction of sp³-hybridized carbons (Fsp3) is 0.868. The molecule has 5 rings (SSSR count). The van der Waals surface area contributed by atoms with Gasteiger partial charge in [-0.2, -0.15) is 0 Å². The number of hydrogen-bond acceptors (Lipinski definition) is 7. The van der Waals surface area contributed by atoms with Gasteiger partial charge in [-0.3, -0.25) is 19.2 Å². The summed E-state index contributed by atoms with van der Waals surface area (Å²) < 4.78 is 25.9. The average molecular weight is 734 g/mol. The van der Waals surface area contributed by atoms with Crippen LogP contribution in [-0.4, -0.2) is 89.6 Å². The first kappa shape index (κ1) is 39.5. The molecule has 0 aromatic heterocycles. The van der Waals surface area contributed by atoms with E-state index in [0.717, 1.165) is 64.2 Å². The SMILES string of the molecule is CCC[C@H](NC(=O)[C@@H]1[C@@H]2[C@H](CN1C(=O)[C@@H](NC(=O)NC1(CS(=O)(=O)C(C)(C)C)CCCCC1)C1(C)CCCCC1)C2(C)C)C(=O)C(=O)NC1CC1. The highest BCUT2D eigenvalue weighted by Crippen LogP contribution is 2.65. The van der Waals surface area contributed by atoms with Gasteiger partial charge in [0.25, 0.3) is 5.91 Å². The van der Waals surface area contributed by atoms with Crippen LogP contribution >= 0.6 is 0 Å². The zero-order valence-electron chi connectivity index (χ0n) is 32.0. The summed E-state index contributed by atoms with van der Waals surface area (Å²) in [4.78, 5) is 70.6. The highest BCUT2D eigenvalue weighted by molar-refractivity contribution is 7.92. The zero-order valence-corrected chi connectivity index (χ0v) is 32.8. The summed E-state index contributed by atoms with van der Waals surface area (Å²) in [5.74, 6) is -2.35. The molecule has 0 radical (unpaired) electrons. The number of fused-ring (bicyclic) bond motifs is 1. The summed E-state index contributed by atoms with van der Waals surface area (Å²) in [6.45, 7) is 13.5. The lowest BCUT2D eigenvalue weighted by molar-refractivity contribution is -0.146. The van der Waals surface area contributed by atoms with Crippen molar-refractivity contribution in [2.24, 2.45) is 22.7 Å². The first-order valence-electron chi connectivity index (χ1n) is 19.5. The van der Waals surface area contributed by atoms with E-state index >= 15 is 0 Å². The van der Waals surface area contributed by atoms with E-state index in [2.05, 4.69) is 35.1 Å². The van der Waals surface area contributed by atoms with Crippen molar-refractivity contribution in [1.82, 2.24) is 26.2 Å². The Balaban J connectivity index is 1.39. The van der Waals surface area contributed by atoms with Crippen LogP contribution in [0.5, 0.6) is 0 Å². The fourth-order valence-electron chi connectivity index (χ4n) is 9.14. The third-order valence-corrected chi connectivity index (χ3v) is 15.7. The Labute approximate surface area is 305 Å². The Kier molecular flexibility index (Phi) is 11.3. The van der Waals surface area contributed by atoms with Crippen molar-refractivity contribution in [3.05, 3.63) is 0 Å². The molecule has 1 heterocycles. The number of sulfone groups is 1. The molecule has 5 aliphatic rings. The topological polar surface area (TPSA) is 171 Å². The first-order valence-corrected chi connectivity index (χ1v) is 21.2. The number of nitrogens with one attached hydrogen (secondary N) is 4. The Morgan fingerprint density at radius 1 is 0.863 bits per heavy atom. The van der Waals surface area contributed by atoms with E-state index in [9.17, 15) is 32.4 Å². The van der Waals surface area contributed by atoms with Crippen LogP contribution in [0, 0.1) is 22.7 Å². The van der Waals surface area contributed by atoms with Gasteiger partial charge in [0.15, 0.2) is 9.84 Å². The van der Waals surface area contributed by atoms with Gasteiger partial charge in [0, 0.05) is 12.6 Å². The minimum atomic E-state index is -3.56. The molecule has 5 amide bonds. The smallest absolute Gasteiger partial charge is 0.315 e. The number of ketones is 1. The van der Waals surface area contributed by atoms with E-state index in [0.29, 0.717) is 32.2 Å². The largest absolute Gasteiger partial charge is 0.347 e. The number of hydrogen-bond donors (Lipinski definition) is 4. The van der Waals surface area contributed by atoms with Crippen LogP contribution in [0.1, 0.15) is 138 Å². The van der Waals surface area contributed by atoms with Gasteiger partial charge in [-0.05, 0) is 88.4 Å². The van der Waals surface area contributed by atoms with Gasteiger partial charge in [0.05, 0.1) is 22.1 Å². The number of amides is 5. The Morgan fingerprint density at radius 3 is 2.00 bits per heavy atom. The molecule has 0 spiro atoms. The standard InChI is InChI=1S/C38H63N5O7S/c1-8-15-26(29(44)32(46)39-24-16-17-24)40-31(45)28-27-25(36(27,5)6)22-43(28)33(47)30(37(7)18-11-9-12-19-37)41-34(48)42-38(20-13-10-14-21-38)23-51(49,50)35(2,3)4/h24-28,30H,8-23H2,1-7H3,(H,39,46)(H,40,45)(H2,41,42,48)/t25-,26-,27-,28-,30+/m0/s1. The van der Waals surface area contributed by atoms with Gasteiger partial charge >= 0.3 is 6.03 Å². The molecular weight excluding hydrogens is 671 g/mol. The molecule has 13 heteroatoms. The number of Topliss-reactive ketones (excluding diaryl/α,β-unsaturated/α-hetero) is 1. The number of rotatable bonds is 13. The third kappa shape index (κ3) is 8.43. The molecular formula is C38H63N5O7S. The molecule has 4 saturated carbocycles. The molecule has 0 aromatic carbocycles. The molecule has 5 fully saturated rings. The number of piperidine rings is 1. The van der Waals surface area contributed by atoms with E-state index in [4.69, 9.17) is 0 Å². The average Bonchev–Trinajstić information content (AvgIpc) is 3.90. The van der Waals surface area contributed by atoms with E-state index in [1.54, 1.807) is 25.7 Å². The second-order valence-corrected chi connectivity index (χ2v) is 21.1. The van der Waals surface area contributed by atoms with Crippen molar-refractivity contribution in [2.75, 3.05) is 12.3 Å². The van der Waals surface area contributed by atoms with Gasteiger partial charge in [-0.25, -0.2) is 13.2 Å². The molecule has 5 atom stereocenters. The summed E-state index contributed by atoms with van der Waals surface area (Å²) in [6.07, 6.45) is 10.5. The first-order chi connectivity index (χ1) is 23.8. The molecule has 0 aromatic rings. The zero-order chi connectivity index (χ0) is 37.6. The maximum Gasteiger partial charge on any atom is 0.315 e. The number of likely N-dealkylation sites (tertiary alicyclic amines) is 1. The van der Waals surface area contributed by atoms with Crippen LogP contribution in [-0.2, 0) is 29.0 Å². The maximum atomic E-state index is 14.9. The second kappa shape index (κ2) is 14.6. The lowest BCUT2D eigenvalue weighted by Crippen LogP contribution is -2.65. The van der Waals surface area contributed by atoms with Crippen LogP contribution in [0.4, 0.5) is 4.79 Å². The monoisotopic (exact) mass is 733 g/mol. The third-order valence-electron chi connectivity index (χ3n) is 12.9. The normalized spacial score (nSPS) is 27.7. The van der Waals surface area contributed by atoms with Gasteiger partial charge < -0.3 is 26.2 Å². The predicted octanol–water partition coefficient (Wildman–Crippen LogP) is 4.16. The molecule has 1 aliphatic heterocycles. The molecule has 288 valence electrons.